The molecule has 2 nitrogen and oxygen atoms in total. The summed E-state index contributed by atoms with van der Waals surface area (Å²) in [5, 5.41) is 2.94. The van der Waals surface area contributed by atoms with Gasteiger partial charge >= 0.3 is 0 Å². The molecule has 0 unspecified atom stereocenters. The number of carbonyl (C=O) groups is 1. The number of thiol groups is 1. The zero-order valence-electron chi connectivity index (χ0n) is 8.87. The highest BCUT2D eigenvalue weighted by molar-refractivity contribution is 14.1. The van der Waals surface area contributed by atoms with Crippen LogP contribution in [0.25, 0.3) is 0 Å². The van der Waals surface area contributed by atoms with E-state index in [0.717, 1.165) is 27.9 Å². The Bertz CT molecular complexity index is 404. The van der Waals surface area contributed by atoms with E-state index in [4.69, 9.17) is 0 Å². The van der Waals surface area contributed by atoms with E-state index >= 15 is 0 Å². The van der Waals surface area contributed by atoms with Gasteiger partial charge < -0.3 is 5.32 Å². The Hall–Kier alpha value is -0.230. The van der Waals surface area contributed by atoms with Crippen molar-refractivity contribution in [2.75, 3.05) is 11.1 Å². The Balaban J connectivity index is 1.92. The largest absolute Gasteiger partial charge is 0.326 e. The van der Waals surface area contributed by atoms with Crippen LogP contribution < -0.4 is 5.32 Å². The summed E-state index contributed by atoms with van der Waals surface area (Å²) in [4.78, 5) is 11.8. The van der Waals surface area contributed by atoms with Crippen LogP contribution in [0.2, 0.25) is 0 Å². The second kappa shape index (κ2) is 4.96. The molecule has 2 rings (SSSR count). The highest BCUT2D eigenvalue weighted by Crippen LogP contribution is 2.49. The SMILES string of the molecule is O=C(CC1(CS)CC1)Nc1cccc(I)c1. The van der Waals surface area contributed by atoms with Gasteiger partial charge in [-0.25, -0.2) is 0 Å². The number of halogens is 1. The fraction of sp³-hybridized carbons (Fsp3) is 0.417. The van der Waals surface area contributed by atoms with Gasteiger partial charge in [0.15, 0.2) is 0 Å². The molecule has 4 heteroatoms. The lowest BCUT2D eigenvalue weighted by molar-refractivity contribution is -0.117. The summed E-state index contributed by atoms with van der Waals surface area (Å²) in [5.74, 6) is 0.917. The first-order chi connectivity index (χ1) is 7.63. The Morgan fingerprint density at radius 2 is 2.25 bits per heavy atom. The second-order valence-electron chi connectivity index (χ2n) is 4.39. The van der Waals surface area contributed by atoms with Gasteiger partial charge in [-0.3, -0.25) is 4.79 Å². The van der Waals surface area contributed by atoms with Crippen molar-refractivity contribution in [3.63, 3.8) is 0 Å². The van der Waals surface area contributed by atoms with E-state index in [1.165, 1.54) is 0 Å². The molecule has 1 aromatic carbocycles. The maximum atomic E-state index is 11.8. The molecule has 0 atom stereocenters. The number of amides is 1. The zero-order valence-corrected chi connectivity index (χ0v) is 11.9. The fourth-order valence-electron chi connectivity index (χ4n) is 1.68. The molecule has 0 bridgehead atoms. The predicted octanol–water partition coefficient (Wildman–Crippen LogP) is 3.33. The van der Waals surface area contributed by atoms with Gasteiger partial charge in [0.25, 0.3) is 0 Å². The van der Waals surface area contributed by atoms with Gasteiger partial charge in [0.2, 0.25) is 5.91 Å². The van der Waals surface area contributed by atoms with Crippen molar-refractivity contribution in [3.8, 4) is 0 Å². The molecule has 1 aromatic rings. The Morgan fingerprint density at radius 1 is 1.50 bits per heavy atom. The van der Waals surface area contributed by atoms with Gasteiger partial charge in [-0.1, -0.05) is 6.07 Å². The van der Waals surface area contributed by atoms with Crippen molar-refractivity contribution in [1.29, 1.82) is 0 Å². The van der Waals surface area contributed by atoms with Gasteiger partial charge in [-0.15, -0.1) is 0 Å². The number of hydrogen-bond acceptors (Lipinski definition) is 2. The molecule has 1 aliphatic carbocycles. The van der Waals surface area contributed by atoms with Crippen molar-refractivity contribution in [3.05, 3.63) is 27.8 Å². The van der Waals surface area contributed by atoms with Crippen LogP contribution in [-0.2, 0) is 4.79 Å². The maximum Gasteiger partial charge on any atom is 0.224 e. The summed E-state index contributed by atoms with van der Waals surface area (Å²) in [5.41, 5.74) is 1.07. The molecule has 86 valence electrons. The molecule has 1 saturated carbocycles. The van der Waals surface area contributed by atoms with Crippen molar-refractivity contribution < 1.29 is 4.79 Å². The zero-order chi connectivity index (χ0) is 11.6. The monoisotopic (exact) mass is 347 g/mol. The first kappa shape index (κ1) is 12.2. The lowest BCUT2D eigenvalue weighted by Crippen LogP contribution is -2.18. The van der Waals surface area contributed by atoms with E-state index in [1.54, 1.807) is 0 Å². The van der Waals surface area contributed by atoms with E-state index in [0.29, 0.717) is 6.42 Å². The van der Waals surface area contributed by atoms with Crippen LogP contribution in [0.4, 0.5) is 5.69 Å². The average Bonchev–Trinajstić information content (AvgIpc) is 2.98. The number of rotatable bonds is 4. The normalized spacial score (nSPS) is 16.9. The van der Waals surface area contributed by atoms with Crippen LogP contribution in [0.5, 0.6) is 0 Å². The molecular weight excluding hydrogens is 333 g/mol. The third-order valence-corrected chi connectivity index (χ3v) is 4.28. The Labute approximate surface area is 115 Å². The fourth-order valence-corrected chi connectivity index (χ4v) is 2.65. The van der Waals surface area contributed by atoms with Crippen molar-refractivity contribution >= 4 is 46.8 Å². The van der Waals surface area contributed by atoms with Crippen molar-refractivity contribution in [2.24, 2.45) is 5.41 Å². The van der Waals surface area contributed by atoms with Gasteiger partial charge in [-0.05, 0) is 64.8 Å². The Morgan fingerprint density at radius 3 is 2.81 bits per heavy atom. The molecule has 0 saturated heterocycles. The molecule has 0 radical (unpaired) electrons. The minimum atomic E-state index is 0.105. The van der Waals surface area contributed by atoms with Gasteiger partial charge in [0.1, 0.15) is 0 Å². The van der Waals surface area contributed by atoms with Gasteiger partial charge in [-0.2, -0.15) is 12.6 Å². The van der Waals surface area contributed by atoms with E-state index in [1.807, 2.05) is 24.3 Å². The lowest BCUT2D eigenvalue weighted by Gasteiger charge is -2.11. The maximum absolute atomic E-state index is 11.8. The first-order valence-corrected chi connectivity index (χ1v) is 7.01. The molecule has 0 spiro atoms. The molecular formula is C12H14INOS. The average molecular weight is 347 g/mol. The molecule has 1 fully saturated rings. The topological polar surface area (TPSA) is 29.1 Å². The molecule has 0 aliphatic heterocycles. The molecule has 16 heavy (non-hydrogen) atoms. The van der Waals surface area contributed by atoms with Crippen LogP contribution in [0.15, 0.2) is 24.3 Å². The van der Waals surface area contributed by atoms with Crippen molar-refractivity contribution in [2.45, 2.75) is 19.3 Å². The highest BCUT2D eigenvalue weighted by atomic mass is 127. The van der Waals surface area contributed by atoms with Crippen LogP contribution in [0.3, 0.4) is 0 Å². The number of anilines is 1. The van der Waals surface area contributed by atoms with Crippen LogP contribution in [0.1, 0.15) is 19.3 Å². The number of carbonyl (C=O) groups excluding carboxylic acids is 1. The van der Waals surface area contributed by atoms with Crippen LogP contribution >= 0.6 is 35.2 Å². The van der Waals surface area contributed by atoms with Gasteiger partial charge in [0.05, 0.1) is 0 Å². The standard InChI is InChI=1S/C12H14INOS/c13-9-2-1-3-10(6-9)14-11(15)7-12(8-16)4-5-12/h1-3,6,16H,4-5,7-8H2,(H,14,15). The summed E-state index contributed by atoms with van der Waals surface area (Å²) >= 11 is 6.54. The van der Waals surface area contributed by atoms with E-state index in [-0.39, 0.29) is 11.3 Å². The number of benzene rings is 1. The molecule has 0 aromatic heterocycles. The summed E-state index contributed by atoms with van der Waals surface area (Å²) in [7, 11) is 0. The molecule has 1 N–H and O–H groups in total. The summed E-state index contributed by atoms with van der Waals surface area (Å²) < 4.78 is 1.13. The van der Waals surface area contributed by atoms with Gasteiger partial charge in [0, 0.05) is 15.7 Å². The third kappa shape index (κ3) is 3.13. The molecule has 1 aliphatic rings. The third-order valence-electron chi connectivity index (χ3n) is 2.94. The molecule has 1 amide bonds. The molecule has 0 heterocycles. The minimum absolute atomic E-state index is 0.105. The quantitative estimate of drug-likeness (QED) is 0.635. The summed E-state index contributed by atoms with van der Waals surface area (Å²) in [6.45, 7) is 0. The second-order valence-corrected chi connectivity index (χ2v) is 5.96. The highest BCUT2D eigenvalue weighted by Gasteiger charge is 2.42. The van der Waals surface area contributed by atoms with E-state index in [9.17, 15) is 4.79 Å². The van der Waals surface area contributed by atoms with E-state index in [2.05, 4.69) is 40.5 Å². The summed E-state index contributed by atoms with van der Waals surface area (Å²) in [6, 6.07) is 7.84. The van der Waals surface area contributed by atoms with Crippen molar-refractivity contribution in [1.82, 2.24) is 0 Å². The number of hydrogen-bond donors (Lipinski definition) is 2. The summed E-state index contributed by atoms with van der Waals surface area (Å²) in [6.07, 6.45) is 2.87. The smallest absolute Gasteiger partial charge is 0.224 e. The lowest BCUT2D eigenvalue weighted by atomic mass is 10.1. The first-order valence-electron chi connectivity index (χ1n) is 5.30. The minimum Gasteiger partial charge on any atom is -0.326 e. The Kier molecular flexibility index (Phi) is 3.79. The predicted molar refractivity (Wildman–Crippen MR) is 77.9 cm³/mol. The van der Waals surface area contributed by atoms with E-state index < -0.39 is 0 Å². The van der Waals surface area contributed by atoms with Crippen LogP contribution in [-0.4, -0.2) is 11.7 Å². The number of nitrogens with one attached hydrogen (secondary N) is 1. The van der Waals surface area contributed by atoms with Crippen LogP contribution in [0, 0.1) is 8.99 Å².